The Bertz CT molecular complexity index is 766. The van der Waals surface area contributed by atoms with Gasteiger partial charge in [0.1, 0.15) is 4.88 Å². The highest BCUT2D eigenvalue weighted by molar-refractivity contribution is 7.14. The predicted octanol–water partition coefficient (Wildman–Crippen LogP) is 4.29. The summed E-state index contributed by atoms with van der Waals surface area (Å²) < 4.78 is 0. The van der Waals surface area contributed by atoms with Crippen molar-refractivity contribution in [1.82, 2.24) is 4.98 Å². The maximum Gasteiger partial charge on any atom is 0.267 e. The lowest BCUT2D eigenvalue weighted by Gasteiger charge is -2.02. The van der Waals surface area contributed by atoms with E-state index in [4.69, 9.17) is 0 Å². The number of anilines is 1. The molecule has 0 fully saturated rings. The summed E-state index contributed by atoms with van der Waals surface area (Å²) in [4.78, 5) is 17.6. The Morgan fingerprint density at radius 3 is 2.36 bits per heavy atom. The van der Waals surface area contributed by atoms with Gasteiger partial charge in [-0.25, -0.2) is 4.98 Å². The molecule has 3 nitrogen and oxygen atoms in total. The molecule has 0 saturated carbocycles. The Hall–Kier alpha value is -2.46. The van der Waals surface area contributed by atoms with Crippen LogP contribution >= 0.6 is 11.3 Å². The lowest BCUT2D eigenvalue weighted by Crippen LogP contribution is -2.11. The highest BCUT2D eigenvalue weighted by Gasteiger charge is 2.15. The second-order valence-corrected chi connectivity index (χ2v) is 6.09. The smallest absolute Gasteiger partial charge is 0.267 e. The number of hydrogen-bond acceptors (Lipinski definition) is 3. The topological polar surface area (TPSA) is 42.0 Å². The number of carbonyl (C=O) groups is 1. The van der Waals surface area contributed by atoms with Gasteiger partial charge in [0, 0.05) is 12.1 Å². The van der Waals surface area contributed by atoms with E-state index in [1.807, 2.05) is 55.5 Å². The Morgan fingerprint density at radius 2 is 1.68 bits per heavy atom. The van der Waals surface area contributed by atoms with Gasteiger partial charge in [0.25, 0.3) is 5.91 Å². The molecule has 22 heavy (non-hydrogen) atoms. The molecule has 2 aromatic carbocycles. The van der Waals surface area contributed by atoms with Gasteiger partial charge in [-0.15, -0.1) is 11.3 Å². The van der Waals surface area contributed by atoms with E-state index in [1.165, 1.54) is 16.9 Å². The van der Waals surface area contributed by atoms with Gasteiger partial charge in [-0.1, -0.05) is 48.5 Å². The van der Waals surface area contributed by atoms with Gasteiger partial charge in [-0.2, -0.15) is 0 Å². The average Bonchev–Trinajstić information content (AvgIpc) is 2.90. The molecule has 0 aliphatic heterocycles. The second-order valence-electron chi connectivity index (χ2n) is 5.00. The highest BCUT2D eigenvalue weighted by atomic mass is 32.1. The summed E-state index contributed by atoms with van der Waals surface area (Å²) in [7, 11) is 0. The van der Waals surface area contributed by atoms with Crippen molar-refractivity contribution in [2.75, 3.05) is 5.32 Å². The van der Waals surface area contributed by atoms with E-state index >= 15 is 0 Å². The monoisotopic (exact) mass is 308 g/mol. The molecule has 1 N–H and O–H groups in total. The molecule has 0 radical (unpaired) electrons. The fourth-order valence-electron chi connectivity index (χ4n) is 2.22. The maximum absolute atomic E-state index is 12.4. The fourth-order valence-corrected chi connectivity index (χ4v) is 3.21. The number of rotatable bonds is 4. The van der Waals surface area contributed by atoms with E-state index in [9.17, 15) is 4.79 Å². The fraction of sp³-hybridized carbons (Fsp3) is 0.111. The van der Waals surface area contributed by atoms with Crippen molar-refractivity contribution in [1.29, 1.82) is 0 Å². The number of thiazole rings is 1. The van der Waals surface area contributed by atoms with Crippen LogP contribution in [0.2, 0.25) is 0 Å². The number of hydrogen-bond donors (Lipinski definition) is 1. The molecule has 4 heteroatoms. The Balaban J connectivity index is 1.76. The minimum absolute atomic E-state index is 0.0967. The van der Waals surface area contributed by atoms with Crippen LogP contribution in [0.5, 0.6) is 0 Å². The third kappa shape index (κ3) is 3.40. The van der Waals surface area contributed by atoms with Crippen molar-refractivity contribution in [2.24, 2.45) is 0 Å². The van der Waals surface area contributed by atoms with Crippen LogP contribution in [0.15, 0.2) is 60.7 Å². The minimum Gasteiger partial charge on any atom is -0.321 e. The van der Waals surface area contributed by atoms with Crippen molar-refractivity contribution in [3.05, 3.63) is 81.8 Å². The quantitative estimate of drug-likeness (QED) is 0.781. The molecule has 1 amide bonds. The summed E-state index contributed by atoms with van der Waals surface area (Å²) in [6.07, 6.45) is 0.755. The third-order valence-corrected chi connectivity index (χ3v) is 4.43. The van der Waals surface area contributed by atoms with Gasteiger partial charge in [0.2, 0.25) is 0 Å². The lowest BCUT2D eigenvalue weighted by atomic mass is 10.2. The van der Waals surface area contributed by atoms with Crippen LogP contribution in [-0.2, 0) is 6.42 Å². The molecule has 0 unspecified atom stereocenters. The molecule has 0 spiro atoms. The van der Waals surface area contributed by atoms with Crippen LogP contribution < -0.4 is 5.32 Å². The SMILES string of the molecule is Cc1nc(Cc2ccccc2)sc1C(=O)Nc1ccccc1. The zero-order valence-electron chi connectivity index (χ0n) is 12.2. The standard InChI is InChI=1S/C18H16N2OS/c1-13-17(18(21)20-15-10-6-3-7-11-15)22-16(19-13)12-14-8-4-2-5-9-14/h2-11H,12H2,1H3,(H,20,21). The molecule has 0 saturated heterocycles. The van der Waals surface area contributed by atoms with Crippen molar-refractivity contribution < 1.29 is 4.79 Å². The first-order chi connectivity index (χ1) is 10.7. The van der Waals surface area contributed by atoms with E-state index in [2.05, 4.69) is 22.4 Å². The van der Waals surface area contributed by atoms with E-state index in [0.29, 0.717) is 4.88 Å². The number of para-hydroxylation sites is 1. The first-order valence-corrected chi connectivity index (χ1v) is 7.90. The number of nitrogens with one attached hydrogen (secondary N) is 1. The first kappa shape index (κ1) is 14.5. The van der Waals surface area contributed by atoms with Gasteiger partial charge in [-0.05, 0) is 24.6 Å². The zero-order valence-corrected chi connectivity index (χ0v) is 13.1. The van der Waals surface area contributed by atoms with Gasteiger partial charge >= 0.3 is 0 Å². The number of benzene rings is 2. The first-order valence-electron chi connectivity index (χ1n) is 7.09. The molecule has 3 rings (SSSR count). The molecular weight excluding hydrogens is 292 g/mol. The van der Waals surface area contributed by atoms with Crippen molar-refractivity contribution in [3.8, 4) is 0 Å². The van der Waals surface area contributed by atoms with Crippen LogP contribution in [0, 0.1) is 6.92 Å². The van der Waals surface area contributed by atoms with Crippen molar-refractivity contribution in [2.45, 2.75) is 13.3 Å². The van der Waals surface area contributed by atoms with E-state index in [-0.39, 0.29) is 5.91 Å². The predicted molar refractivity (Wildman–Crippen MR) is 90.5 cm³/mol. The molecule has 0 aliphatic rings. The Kier molecular flexibility index (Phi) is 4.30. The summed E-state index contributed by atoms with van der Waals surface area (Å²) in [5.74, 6) is -0.0967. The summed E-state index contributed by atoms with van der Waals surface area (Å²) in [5.41, 5.74) is 2.78. The van der Waals surface area contributed by atoms with Crippen molar-refractivity contribution in [3.63, 3.8) is 0 Å². The largest absolute Gasteiger partial charge is 0.321 e. The normalized spacial score (nSPS) is 10.4. The highest BCUT2D eigenvalue weighted by Crippen LogP contribution is 2.22. The number of aromatic nitrogens is 1. The van der Waals surface area contributed by atoms with Crippen LogP contribution in [0.3, 0.4) is 0 Å². The molecule has 3 aromatic rings. The van der Waals surface area contributed by atoms with Crippen LogP contribution in [0.1, 0.15) is 25.9 Å². The number of carbonyl (C=O) groups excluding carboxylic acids is 1. The molecule has 110 valence electrons. The van der Waals surface area contributed by atoms with Crippen LogP contribution in [0.25, 0.3) is 0 Å². The molecule has 0 aliphatic carbocycles. The number of amides is 1. The lowest BCUT2D eigenvalue weighted by molar-refractivity contribution is 0.103. The van der Waals surface area contributed by atoms with E-state index in [0.717, 1.165) is 22.8 Å². The Labute approximate surface area is 133 Å². The molecule has 0 bridgehead atoms. The van der Waals surface area contributed by atoms with Crippen LogP contribution in [0.4, 0.5) is 5.69 Å². The van der Waals surface area contributed by atoms with Gasteiger partial charge in [0.15, 0.2) is 0 Å². The second kappa shape index (κ2) is 6.54. The van der Waals surface area contributed by atoms with Gasteiger partial charge in [-0.3, -0.25) is 4.79 Å². The van der Waals surface area contributed by atoms with Gasteiger partial charge in [0.05, 0.1) is 10.7 Å². The molecule has 1 aromatic heterocycles. The van der Waals surface area contributed by atoms with E-state index in [1.54, 1.807) is 0 Å². The summed E-state index contributed by atoms with van der Waals surface area (Å²) >= 11 is 1.46. The molecule has 0 atom stereocenters. The summed E-state index contributed by atoms with van der Waals surface area (Å²) in [6.45, 7) is 1.88. The van der Waals surface area contributed by atoms with Gasteiger partial charge < -0.3 is 5.32 Å². The van der Waals surface area contributed by atoms with Crippen LogP contribution in [-0.4, -0.2) is 10.9 Å². The third-order valence-electron chi connectivity index (χ3n) is 3.28. The number of aryl methyl sites for hydroxylation is 1. The van der Waals surface area contributed by atoms with Crippen molar-refractivity contribution >= 4 is 22.9 Å². The van der Waals surface area contributed by atoms with E-state index < -0.39 is 0 Å². The average molecular weight is 308 g/mol. The summed E-state index contributed by atoms with van der Waals surface area (Å²) in [6, 6.07) is 19.6. The minimum atomic E-state index is -0.0967. The molecular formula is C18H16N2OS. The number of nitrogens with zero attached hydrogens (tertiary/aromatic N) is 1. The molecule has 1 heterocycles. The Morgan fingerprint density at radius 1 is 1.05 bits per heavy atom. The maximum atomic E-state index is 12.4. The summed E-state index contributed by atoms with van der Waals surface area (Å²) in [5, 5.41) is 3.87. The zero-order chi connectivity index (χ0) is 15.4.